The zero-order valence-electron chi connectivity index (χ0n) is 14.8. The second-order valence-corrected chi connectivity index (χ2v) is 5.68. The van der Waals surface area contributed by atoms with E-state index in [0.29, 0.717) is 22.3 Å². The number of anilines is 1. The first kappa shape index (κ1) is 19.2. The van der Waals surface area contributed by atoms with Crippen LogP contribution in [-0.4, -0.2) is 29.1 Å². The maximum atomic E-state index is 12.4. The van der Waals surface area contributed by atoms with Crippen molar-refractivity contribution in [3.8, 4) is 11.5 Å². The molecule has 1 amide bonds. The number of alkyl halides is 2. The van der Waals surface area contributed by atoms with Gasteiger partial charge in [0.15, 0.2) is 11.5 Å². The highest BCUT2D eigenvalue weighted by Gasteiger charge is 2.11. The zero-order chi connectivity index (χ0) is 20.1. The number of halogens is 2. The molecule has 0 aliphatic heterocycles. The van der Waals surface area contributed by atoms with E-state index in [1.165, 1.54) is 30.4 Å². The topological polar surface area (TPSA) is 96.2 Å². The Balaban J connectivity index is 1.71. The smallest absolute Gasteiger partial charge is 0.387 e. The van der Waals surface area contributed by atoms with E-state index < -0.39 is 12.5 Å². The molecule has 0 atom stereocenters. The van der Waals surface area contributed by atoms with Crippen molar-refractivity contribution >= 4 is 28.7 Å². The summed E-state index contributed by atoms with van der Waals surface area (Å²) >= 11 is 0. The molecule has 7 nitrogen and oxygen atoms in total. The summed E-state index contributed by atoms with van der Waals surface area (Å²) in [5.74, 6) is -0.317. The number of hydrogen-bond acceptors (Lipinski definition) is 4. The first-order chi connectivity index (χ1) is 13.4. The monoisotopic (exact) mass is 389 g/mol. The van der Waals surface area contributed by atoms with Crippen molar-refractivity contribution in [1.82, 2.24) is 9.97 Å². The summed E-state index contributed by atoms with van der Waals surface area (Å²) in [6.07, 6.45) is 2.81. The number of amides is 1. The van der Waals surface area contributed by atoms with Crippen LogP contribution in [0.1, 0.15) is 12.5 Å². The molecule has 0 fully saturated rings. The number of H-pyrrole nitrogens is 2. The van der Waals surface area contributed by atoms with Crippen LogP contribution in [0.4, 0.5) is 14.5 Å². The fourth-order valence-electron chi connectivity index (χ4n) is 2.56. The number of nitrogens with one attached hydrogen (secondary N) is 3. The first-order valence-corrected chi connectivity index (χ1v) is 8.37. The second kappa shape index (κ2) is 8.38. The lowest BCUT2D eigenvalue weighted by Crippen LogP contribution is -2.07. The molecule has 0 saturated heterocycles. The van der Waals surface area contributed by atoms with Crippen molar-refractivity contribution in [1.29, 1.82) is 0 Å². The average Bonchev–Trinajstić information content (AvgIpc) is 3.01. The van der Waals surface area contributed by atoms with Crippen LogP contribution in [0, 0.1) is 0 Å². The van der Waals surface area contributed by atoms with Gasteiger partial charge in [0, 0.05) is 11.8 Å². The molecule has 3 rings (SSSR count). The van der Waals surface area contributed by atoms with Crippen molar-refractivity contribution in [2.75, 3.05) is 11.9 Å². The molecule has 9 heteroatoms. The van der Waals surface area contributed by atoms with Gasteiger partial charge in [0.25, 0.3) is 0 Å². The predicted octanol–water partition coefficient (Wildman–Crippen LogP) is 3.51. The standard InChI is InChI=1S/C19H17F2N3O4/c1-2-27-16-9-11(3-7-15(16)28-18(20)21)4-8-17(25)22-12-5-6-13-14(10-12)24-19(26)23-13/h3-10,18H,2H2,1H3,(H,22,25)(H2,23,24,26)/b8-4+. The van der Waals surface area contributed by atoms with E-state index in [0.717, 1.165) is 0 Å². The van der Waals surface area contributed by atoms with Crippen molar-refractivity contribution in [3.05, 3.63) is 58.5 Å². The van der Waals surface area contributed by atoms with Crippen LogP contribution >= 0.6 is 0 Å². The Bertz CT molecular complexity index is 1070. The minimum atomic E-state index is -2.96. The van der Waals surface area contributed by atoms with Gasteiger partial charge in [-0.1, -0.05) is 6.07 Å². The van der Waals surface area contributed by atoms with Gasteiger partial charge < -0.3 is 24.8 Å². The molecule has 0 radical (unpaired) electrons. The summed E-state index contributed by atoms with van der Waals surface area (Å²) in [4.78, 5) is 28.6. The molecule has 0 saturated carbocycles. The third kappa shape index (κ3) is 4.76. The second-order valence-electron chi connectivity index (χ2n) is 5.68. The Morgan fingerprint density at radius 3 is 2.68 bits per heavy atom. The van der Waals surface area contributed by atoms with Gasteiger partial charge in [0.1, 0.15) is 0 Å². The predicted molar refractivity (Wildman–Crippen MR) is 101 cm³/mol. The van der Waals surface area contributed by atoms with Gasteiger partial charge in [-0.15, -0.1) is 0 Å². The average molecular weight is 389 g/mol. The number of fused-ring (bicyclic) bond motifs is 1. The van der Waals surface area contributed by atoms with E-state index in [9.17, 15) is 18.4 Å². The molecule has 1 aromatic heterocycles. The summed E-state index contributed by atoms with van der Waals surface area (Å²) in [6.45, 7) is -0.966. The zero-order valence-corrected chi connectivity index (χ0v) is 14.8. The van der Waals surface area contributed by atoms with E-state index in [1.54, 1.807) is 25.1 Å². The number of carbonyl (C=O) groups is 1. The van der Waals surface area contributed by atoms with E-state index in [4.69, 9.17) is 4.74 Å². The van der Waals surface area contributed by atoms with Crippen LogP contribution < -0.4 is 20.5 Å². The van der Waals surface area contributed by atoms with E-state index in [-0.39, 0.29) is 23.8 Å². The van der Waals surface area contributed by atoms with Crippen LogP contribution in [0.15, 0.2) is 47.3 Å². The van der Waals surface area contributed by atoms with Gasteiger partial charge in [0.2, 0.25) is 5.91 Å². The van der Waals surface area contributed by atoms with Gasteiger partial charge in [0.05, 0.1) is 17.6 Å². The lowest BCUT2D eigenvalue weighted by Gasteiger charge is -2.11. The number of aromatic nitrogens is 2. The van der Waals surface area contributed by atoms with Gasteiger partial charge in [-0.25, -0.2) is 4.79 Å². The molecule has 1 heterocycles. The Labute approximate surface area is 158 Å². The number of benzene rings is 2. The molecule has 146 valence electrons. The van der Waals surface area contributed by atoms with Crippen LogP contribution in [0.25, 0.3) is 17.1 Å². The van der Waals surface area contributed by atoms with Crippen LogP contribution in [0.5, 0.6) is 11.5 Å². The molecule has 0 aliphatic rings. The highest BCUT2D eigenvalue weighted by Crippen LogP contribution is 2.30. The molecule has 3 N–H and O–H groups in total. The minimum absolute atomic E-state index is 0.0766. The maximum absolute atomic E-state index is 12.4. The normalized spacial score (nSPS) is 11.3. The van der Waals surface area contributed by atoms with Crippen molar-refractivity contribution in [3.63, 3.8) is 0 Å². The number of ether oxygens (including phenoxy) is 2. The molecule has 2 aromatic carbocycles. The highest BCUT2D eigenvalue weighted by atomic mass is 19.3. The van der Waals surface area contributed by atoms with Crippen LogP contribution in [0.3, 0.4) is 0 Å². The molecule has 0 spiro atoms. The highest BCUT2D eigenvalue weighted by molar-refractivity contribution is 6.02. The lowest BCUT2D eigenvalue weighted by atomic mass is 10.2. The Kier molecular flexibility index (Phi) is 5.73. The Hall–Kier alpha value is -3.62. The fraction of sp³-hybridized carbons (Fsp3) is 0.158. The van der Waals surface area contributed by atoms with Crippen LogP contribution in [0.2, 0.25) is 0 Å². The summed E-state index contributed by atoms with van der Waals surface area (Å²) in [7, 11) is 0. The quantitative estimate of drug-likeness (QED) is 0.539. The summed E-state index contributed by atoms with van der Waals surface area (Å²) in [6, 6.07) is 9.33. The largest absolute Gasteiger partial charge is 0.490 e. The number of imidazole rings is 1. The van der Waals surface area contributed by atoms with E-state index >= 15 is 0 Å². The fourth-order valence-corrected chi connectivity index (χ4v) is 2.56. The Morgan fingerprint density at radius 2 is 1.93 bits per heavy atom. The van der Waals surface area contributed by atoms with Crippen molar-refractivity contribution < 1.29 is 23.0 Å². The van der Waals surface area contributed by atoms with Gasteiger partial charge in [-0.2, -0.15) is 8.78 Å². The maximum Gasteiger partial charge on any atom is 0.387 e. The SMILES string of the molecule is CCOc1cc(/C=C/C(=O)Nc2ccc3[nH]c(=O)[nH]c3c2)ccc1OC(F)F. The molecular weight excluding hydrogens is 372 g/mol. The van der Waals surface area contributed by atoms with Gasteiger partial charge in [-0.05, 0) is 48.9 Å². The summed E-state index contributed by atoms with van der Waals surface area (Å²) in [5, 5.41) is 2.67. The van der Waals surface area contributed by atoms with Crippen molar-refractivity contribution in [2.45, 2.75) is 13.5 Å². The van der Waals surface area contributed by atoms with Crippen LogP contribution in [-0.2, 0) is 4.79 Å². The summed E-state index contributed by atoms with van der Waals surface area (Å²) in [5.41, 5.74) is 1.96. The molecular formula is C19H17F2N3O4. The molecule has 0 unspecified atom stereocenters. The molecule has 3 aromatic rings. The minimum Gasteiger partial charge on any atom is -0.490 e. The lowest BCUT2D eigenvalue weighted by molar-refractivity contribution is -0.111. The molecule has 28 heavy (non-hydrogen) atoms. The molecule has 0 aliphatic carbocycles. The molecule has 0 bridgehead atoms. The third-order valence-electron chi connectivity index (χ3n) is 3.69. The van der Waals surface area contributed by atoms with Gasteiger partial charge >= 0.3 is 12.3 Å². The van der Waals surface area contributed by atoms with Crippen molar-refractivity contribution in [2.24, 2.45) is 0 Å². The number of carbonyl (C=O) groups excluding carboxylic acids is 1. The number of aromatic amines is 2. The van der Waals surface area contributed by atoms with E-state index in [1.807, 2.05) is 0 Å². The number of hydrogen-bond donors (Lipinski definition) is 3. The first-order valence-electron chi connectivity index (χ1n) is 8.37. The Morgan fingerprint density at radius 1 is 1.14 bits per heavy atom. The summed E-state index contributed by atoms with van der Waals surface area (Å²) < 4.78 is 34.6. The van der Waals surface area contributed by atoms with Gasteiger partial charge in [-0.3, -0.25) is 4.79 Å². The van der Waals surface area contributed by atoms with E-state index in [2.05, 4.69) is 20.0 Å². The number of rotatable bonds is 7. The third-order valence-corrected chi connectivity index (χ3v) is 3.69.